The Bertz CT molecular complexity index is 828. The van der Waals surface area contributed by atoms with Crippen molar-refractivity contribution in [2.24, 2.45) is 17.8 Å². The Morgan fingerprint density at radius 2 is 1.81 bits per heavy atom. The molecule has 0 radical (unpaired) electrons. The third-order valence-corrected chi connectivity index (χ3v) is 7.20. The Morgan fingerprint density at radius 3 is 2.54 bits per heavy atom. The Balaban J connectivity index is 1.54. The molecule has 1 heterocycles. The van der Waals surface area contributed by atoms with Gasteiger partial charge in [0.1, 0.15) is 6.04 Å². The molecule has 5 heteroatoms. The maximum Gasteiger partial charge on any atom is 0.188 e. The smallest absolute Gasteiger partial charge is 0.188 e. The van der Waals surface area contributed by atoms with Crippen molar-refractivity contribution < 1.29 is 9.63 Å². The number of carbonyl (C=O) groups is 1. The molecule has 2 aromatic carbocycles. The topological polar surface area (TPSA) is 29.5 Å². The number of fused-ring (bicyclic) bond motifs is 5. The Hall–Kier alpha value is -1.36. The predicted molar refractivity (Wildman–Crippen MR) is 105 cm³/mol. The molecule has 1 aliphatic heterocycles. The number of rotatable bonds is 3. The first kappa shape index (κ1) is 16.8. The summed E-state index contributed by atoms with van der Waals surface area (Å²) in [5.74, 6) is 1.16. The zero-order valence-corrected chi connectivity index (χ0v) is 16.4. The van der Waals surface area contributed by atoms with Crippen molar-refractivity contribution in [1.82, 2.24) is 0 Å². The summed E-state index contributed by atoms with van der Waals surface area (Å²) in [7, 11) is 0. The minimum Gasteiger partial charge on any atom is -0.292 e. The molecule has 5 rings (SSSR count). The Kier molecular flexibility index (Phi) is 4.11. The van der Waals surface area contributed by atoms with Crippen molar-refractivity contribution in [1.29, 1.82) is 0 Å². The second-order valence-electron chi connectivity index (χ2n) is 7.54. The first-order valence-corrected chi connectivity index (χ1v) is 10.3. The molecule has 3 fully saturated rings. The second-order valence-corrected chi connectivity index (χ2v) is 9.01. The molecule has 1 saturated heterocycles. The van der Waals surface area contributed by atoms with Gasteiger partial charge in [-0.3, -0.25) is 9.63 Å². The quantitative estimate of drug-likeness (QED) is 0.500. The molecule has 0 aromatic heterocycles. The summed E-state index contributed by atoms with van der Waals surface area (Å²) >= 11 is 9.99. The highest BCUT2D eigenvalue weighted by molar-refractivity contribution is 9.10. The van der Waals surface area contributed by atoms with Gasteiger partial charge in [0.15, 0.2) is 5.78 Å². The van der Waals surface area contributed by atoms with E-state index in [1.807, 2.05) is 59.7 Å². The number of hydrogen-bond acceptors (Lipinski definition) is 3. The number of Topliss-reactive ketones (excluding diaryl/α,β-unsaturated/α-hetero) is 1. The van der Waals surface area contributed by atoms with Gasteiger partial charge in [0.05, 0.1) is 11.8 Å². The summed E-state index contributed by atoms with van der Waals surface area (Å²) < 4.78 is 0.972. The number of halogens is 2. The van der Waals surface area contributed by atoms with E-state index >= 15 is 0 Å². The van der Waals surface area contributed by atoms with Crippen molar-refractivity contribution in [3.63, 3.8) is 0 Å². The third-order valence-electron chi connectivity index (χ3n) is 6.17. The number of hydroxylamine groups is 1. The predicted octanol–water partition coefficient (Wildman–Crippen LogP) is 5.08. The van der Waals surface area contributed by atoms with Gasteiger partial charge in [-0.05, 0) is 43.0 Å². The summed E-state index contributed by atoms with van der Waals surface area (Å²) in [5, 5.41) is 2.02. The zero-order valence-electron chi connectivity index (χ0n) is 14.1. The van der Waals surface area contributed by atoms with E-state index in [4.69, 9.17) is 16.4 Å². The van der Waals surface area contributed by atoms with Crippen molar-refractivity contribution in [3.8, 4) is 0 Å². The average Bonchev–Trinajstić information content (AvgIpc) is 3.32. The fourth-order valence-electron chi connectivity index (χ4n) is 5.07. The molecule has 134 valence electrons. The maximum atomic E-state index is 13.5. The normalized spacial score (nSPS) is 34.9. The molecule has 6 unspecified atom stereocenters. The van der Waals surface area contributed by atoms with Gasteiger partial charge < -0.3 is 0 Å². The lowest BCUT2D eigenvalue weighted by atomic mass is 9.79. The summed E-state index contributed by atoms with van der Waals surface area (Å²) in [6, 6.07) is 17.3. The molecule has 6 atom stereocenters. The van der Waals surface area contributed by atoms with E-state index in [9.17, 15) is 4.79 Å². The van der Waals surface area contributed by atoms with Crippen LogP contribution in [-0.2, 0) is 4.84 Å². The molecule has 26 heavy (non-hydrogen) atoms. The van der Waals surface area contributed by atoms with E-state index in [-0.39, 0.29) is 29.2 Å². The van der Waals surface area contributed by atoms with Crippen LogP contribution in [0, 0.1) is 17.8 Å². The van der Waals surface area contributed by atoms with Gasteiger partial charge in [0.25, 0.3) is 0 Å². The summed E-state index contributed by atoms with van der Waals surface area (Å²) in [5.41, 5.74) is 1.66. The van der Waals surface area contributed by atoms with Gasteiger partial charge in [-0.25, -0.2) is 5.06 Å². The molecule has 2 aliphatic carbocycles. The zero-order chi connectivity index (χ0) is 17.8. The second kappa shape index (κ2) is 6.36. The van der Waals surface area contributed by atoms with Crippen LogP contribution in [0.4, 0.5) is 5.69 Å². The molecule has 3 nitrogen and oxygen atoms in total. The van der Waals surface area contributed by atoms with Crippen molar-refractivity contribution >= 4 is 39.0 Å². The minimum atomic E-state index is -0.289. The van der Waals surface area contributed by atoms with Crippen molar-refractivity contribution in [2.45, 2.75) is 30.4 Å². The minimum absolute atomic E-state index is 0.0425. The van der Waals surface area contributed by atoms with Gasteiger partial charge in [0, 0.05) is 27.2 Å². The number of anilines is 1. The van der Waals surface area contributed by atoms with Crippen LogP contribution in [-0.4, -0.2) is 23.3 Å². The highest BCUT2D eigenvalue weighted by Crippen LogP contribution is 2.57. The Labute approximate surface area is 166 Å². The molecule has 0 amide bonds. The first-order chi connectivity index (χ1) is 12.6. The van der Waals surface area contributed by atoms with Gasteiger partial charge >= 0.3 is 0 Å². The van der Waals surface area contributed by atoms with E-state index in [2.05, 4.69) is 15.9 Å². The highest BCUT2D eigenvalue weighted by Gasteiger charge is 2.62. The monoisotopic (exact) mass is 431 g/mol. The number of carbonyl (C=O) groups excluding carboxylic acids is 1. The number of alkyl halides is 1. The van der Waals surface area contributed by atoms with Gasteiger partial charge in [-0.2, -0.15) is 0 Å². The van der Waals surface area contributed by atoms with Gasteiger partial charge in [0.2, 0.25) is 0 Å². The largest absolute Gasteiger partial charge is 0.292 e. The van der Waals surface area contributed by atoms with Crippen molar-refractivity contribution in [3.05, 3.63) is 64.6 Å². The average molecular weight is 433 g/mol. The van der Waals surface area contributed by atoms with Gasteiger partial charge in [-0.15, -0.1) is 11.6 Å². The molecule has 0 spiro atoms. The van der Waals surface area contributed by atoms with Crippen LogP contribution < -0.4 is 5.06 Å². The van der Waals surface area contributed by atoms with Crippen LogP contribution in [0.5, 0.6) is 0 Å². The molecular weight excluding hydrogens is 414 g/mol. The van der Waals surface area contributed by atoms with E-state index in [1.165, 1.54) is 0 Å². The van der Waals surface area contributed by atoms with E-state index in [0.29, 0.717) is 11.8 Å². The SMILES string of the molecule is O=C(c1ccc(Br)cc1)C1C2C3CC(Cl)C(C3)C2ON1c1ccccc1. The molecule has 0 N–H and O–H groups in total. The number of hydrogen-bond donors (Lipinski definition) is 0. The van der Waals surface area contributed by atoms with Crippen LogP contribution in [0.1, 0.15) is 23.2 Å². The van der Waals surface area contributed by atoms with E-state index in [0.717, 1.165) is 28.6 Å². The number of benzene rings is 2. The molecule has 2 saturated carbocycles. The molecular formula is C21H19BrClNO2. The van der Waals surface area contributed by atoms with Gasteiger partial charge in [-0.1, -0.05) is 46.3 Å². The maximum absolute atomic E-state index is 13.5. The molecule has 3 aliphatic rings. The summed E-state index contributed by atoms with van der Waals surface area (Å²) in [6.07, 6.45) is 2.11. The van der Waals surface area contributed by atoms with Crippen LogP contribution in [0.25, 0.3) is 0 Å². The van der Waals surface area contributed by atoms with E-state index in [1.54, 1.807) is 0 Å². The highest BCUT2D eigenvalue weighted by atomic mass is 79.9. The standard InChI is InChI=1S/C21H19BrClNO2/c22-14-8-6-12(7-9-14)20(25)19-18-13-10-16(17(23)11-13)21(18)26-24(19)15-4-2-1-3-5-15/h1-9,13,16-19,21H,10-11H2. The fraction of sp³-hybridized carbons (Fsp3) is 0.381. The van der Waals surface area contributed by atoms with Crippen LogP contribution >= 0.6 is 27.5 Å². The summed E-state index contributed by atoms with van der Waals surface area (Å²) in [4.78, 5) is 19.8. The number of para-hydroxylation sites is 1. The summed E-state index contributed by atoms with van der Waals surface area (Å²) in [6.45, 7) is 0. The Morgan fingerprint density at radius 1 is 1.08 bits per heavy atom. The van der Waals surface area contributed by atoms with Crippen LogP contribution in [0.2, 0.25) is 0 Å². The van der Waals surface area contributed by atoms with Crippen LogP contribution in [0.3, 0.4) is 0 Å². The lowest BCUT2D eigenvalue weighted by Gasteiger charge is -2.28. The van der Waals surface area contributed by atoms with E-state index < -0.39 is 0 Å². The van der Waals surface area contributed by atoms with Crippen LogP contribution in [0.15, 0.2) is 59.1 Å². The first-order valence-electron chi connectivity index (χ1n) is 9.08. The van der Waals surface area contributed by atoms with Crippen molar-refractivity contribution in [2.75, 3.05) is 5.06 Å². The number of ketones is 1. The third kappa shape index (κ3) is 2.54. The lowest BCUT2D eigenvalue weighted by Crippen LogP contribution is -2.42. The molecule has 2 aromatic rings. The lowest BCUT2D eigenvalue weighted by molar-refractivity contribution is 0.0371. The molecule has 2 bridgehead atoms. The number of nitrogens with zero attached hydrogens (tertiary/aromatic N) is 1. The fourth-order valence-corrected chi connectivity index (χ4v) is 5.81.